The van der Waals surface area contributed by atoms with Gasteiger partial charge >= 0.3 is 0 Å². The van der Waals surface area contributed by atoms with Crippen LogP contribution in [0.2, 0.25) is 0 Å². The van der Waals surface area contributed by atoms with E-state index in [1.54, 1.807) is 24.3 Å². The summed E-state index contributed by atoms with van der Waals surface area (Å²) >= 11 is 4.32. The summed E-state index contributed by atoms with van der Waals surface area (Å²) in [6, 6.07) is 23.8. The Labute approximate surface area is 244 Å². The zero-order valence-corrected chi connectivity index (χ0v) is 23.7. The Morgan fingerprint density at radius 1 is 0.553 bits per heavy atom. The molecule has 0 aliphatic rings. The van der Waals surface area contributed by atoms with E-state index in [9.17, 15) is 24.5 Å². The minimum Gasteiger partial charge on any atom is -0.322 e. The first kappa shape index (κ1) is 27.2. The Morgan fingerprint density at radius 3 is 1.37 bits per heavy atom. The SMILES string of the molecule is O=C(Nc1cc(C(=O)Nc2ccc(I)cc2)cc(C(=O)Nc2ccc(I)cc2)c1)c1ccc([N+](=O)[O-])cc1. The number of nitrogens with zero attached hydrogens (tertiary/aromatic N) is 1. The summed E-state index contributed by atoms with van der Waals surface area (Å²) in [6.07, 6.45) is 0. The average molecular weight is 732 g/mol. The number of hydrogen-bond acceptors (Lipinski definition) is 5. The van der Waals surface area contributed by atoms with Crippen molar-refractivity contribution in [2.24, 2.45) is 0 Å². The van der Waals surface area contributed by atoms with E-state index in [0.29, 0.717) is 11.4 Å². The van der Waals surface area contributed by atoms with Gasteiger partial charge in [-0.1, -0.05) is 0 Å². The van der Waals surface area contributed by atoms with Crippen LogP contribution in [0.15, 0.2) is 91.0 Å². The summed E-state index contributed by atoms with van der Waals surface area (Å²) in [7, 11) is 0. The van der Waals surface area contributed by atoms with Crippen LogP contribution in [0, 0.1) is 17.3 Å². The van der Waals surface area contributed by atoms with Gasteiger partial charge in [-0.05, 0) is 124 Å². The van der Waals surface area contributed by atoms with Crippen molar-refractivity contribution in [1.82, 2.24) is 0 Å². The standard InChI is InChI=1S/C27H18I2N4O5/c28-19-3-7-21(8-4-19)30-26(35)17-13-18(27(36)31-22-9-5-20(29)6-10-22)15-23(14-17)32-25(34)16-1-11-24(12-2-16)33(37)38/h1-15H,(H,30,35)(H,31,36)(H,32,34). The van der Waals surface area contributed by atoms with Crippen LogP contribution >= 0.6 is 45.2 Å². The molecule has 0 fully saturated rings. The summed E-state index contributed by atoms with van der Waals surface area (Å²) in [5.41, 5.74) is 1.67. The molecule has 0 aliphatic carbocycles. The highest BCUT2D eigenvalue weighted by atomic mass is 127. The van der Waals surface area contributed by atoms with E-state index in [-0.39, 0.29) is 28.1 Å². The van der Waals surface area contributed by atoms with E-state index in [1.807, 2.05) is 24.3 Å². The number of non-ortho nitro benzene ring substituents is 1. The Balaban J connectivity index is 1.62. The molecule has 4 aromatic rings. The smallest absolute Gasteiger partial charge is 0.269 e. The number of rotatable bonds is 7. The van der Waals surface area contributed by atoms with Gasteiger partial charge < -0.3 is 16.0 Å². The predicted molar refractivity (Wildman–Crippen MR) is 162 cm³/mol. The van der Waals surface area contributed by atoms with Gasteiger partial charge in [0.25, 0.3) is 23.4 Å². The van der Waals surface area contributed by atoms with Crippen LogP contribution in [0.1, 0.15) is 31.1 Å². The molecule has 11 heteroatoms. The van der Waals surface area contributed by atoms with E-state index >= 15 is 0 Å². The maximum absolute atomic E-state index is 13.1. The van der Waals surface area contributed by atoms with Gasteiger partial charge in [-0.25, -0.2) is 0 Å². The van der Waals surface area contributed by atoms with Crippen molar-refractivity contribution < 1.29 is 19.3 Å². The number of halogens is 2. The van der Waals surface area contributed by atoms with E-state index in [0.717, 1.165) is 7.14 Å². The van der Waals surface area contributed by atoms with E-state index in [2.05, 4.69) is 61.1 Å². The molecule has 4 aromatic carbocycles. The zero-order valence-electron chi connectivity index (χ0n) is 19.4. The number of nitrogens with one attached hydrogen (secondary N) is 3. The monoisotopic (exact) mass is 732 g/mol. The average Bonchev–Trinajstić information content (AvgIpc) is 2.91. The molecule has 4 rings (SSSR count). The molecule has 0 unspecified atom stereocenters. The van der Waals surface area contributed by atoms with Gasteiger partial charge in [-0.15, -0.1) is 0 Å². The highest BCUT2D eigenvalue weighted by molar-refractivity contribution is 14.1. The third-order valence-corrected chi connectivity index (χ3v) is 6.70. The van der Waals surface area contributed by atoms with Gasteiger partial charge in [-0.3, -0.25) is 24.5 Å². The molecule has 0 spiro atoms. The highest BCUT2D eigenvalue weighted by Gasteiger charge is 2.16. The predicted octanol–water partition coefficient (Wildman–Crippen LogP) is 6.56. The molecule has 0 saturated heterocycles. The van der Waals surface area contributed by atoms with Gasteiger partial charge in [0.05, 0.1) is 4.92 Å². The number of anilines is 3. The fraction of sp³-hybridized carbons (Fsp3) is 0. The Morgan fingerprint density at radius 2 is 0.947 bits per heavy atom. The fourth-order valence-electron chi connectivity index (χ4n) is 3.37. The van der Waals surface area contributed by atoms with Crippen LogP contribution < -0.4 is 16.0 Å². The highest BCUT2D eigenvalue weighted by Crippen LogP contribution is 2.21. The third kappa shape index (κ3) is 7.13. The number of nitro groups is 1. The van der Waals surface area contributed by atoms with E-state index in [4.69, 9.17) is 0 Å². The molecule has 0 radical (unpaired) electrons. The number of carbonyl (C=O) groups is 3. The minimum atomic E-state index is -0.560. The summed E-state index contributed by atoms with van der Waals surface area (Å²) in [5.74, 6) is -1.50. The maximum atomic E-state index is 13.1. The van der Waals surface area contributed by atoms with Gasteiger partial charge in [0.2, 0.25) is 0 Å². The fourth-order valence-corrected chi connectivity index (χ4v) is 4.09. The lowest BCUT2D eigenvalue weighted by atomic mass is 10.1. The first-order chi connectivity index (χ1) is 18.2. The topological polar surface area (TPSA) is 130 Å². The number of amides is 3. The van der Waals surface area contributed by atoms with Gasteiger partial charge in [0, 0.05) is 53.0 Å². The molecule has 0 bridgehead atoms. The maximum Gasteiger partial charge on any atom is 0.269 e. The Kier molecular flexibility index (Phi) is 8.68. The lowest BCUT2D eigenvalue weighted by Gasteiger charge is -2.12. The quantitative estimate of drug-likeness (QED) is 0.113. The molecule has 0 heterocycles. The van der Waals surface area contributed by atoms with Crippen LogP contribution in [-0.2, 0) is 0 Å². The summed E-state index contributed by atoms with van der Waals surface area (Å²) in [6.45, 7) is 0. The van der Waals surface area contributed by atoms with Crippen LogP contribution in [-0.4, -0.2) is 22.6 Å². The van der Waals surface area contributed by atoms with Crippen molar-refractivity contribution in [3.8, 4) is 0 Å². The second kappa shape index (κ2) is 12.1. The lowest BCUT2D eigenvalue weighted by Crippen LogP contribution is -2.18. The van der Waals surface area contributed by atoms with Crippen LogP contribution in [0.4, 0.5) is 22.7 Å². The molecular formula is C27H18I2N4O5. The normalized spacial score (nSPS) is 10.4. The lowest BCUT2D eigenvalue weighted by molar-refractivity contribution is -0.384. The first-order valence-electron chi connectivity index (χ1n) is 11.0. The third-order valence-electron chi connectivity index (χ3n) is 5.26. The second-order valence-electron chi connectivity index (χ2n) is 7.98. The molecule has 190 valence electrons. The first-order valence-corrected chi connectivity index (χ1v) is 13.2. The van der Waals surface area contributed by atoms with Crippen molar-refractivity contribution in [2.45, 2.75) is 0 Å². The van der Waals surface area contributed by atoms with Crippen LogP contribution in [0.25, 0.3) is 0 Å². The Hall–Kier alpha value is -3.85. The van der Waals surface area contributed by atoms with Gasteiger partial charge in [0.15, 0.2) is 0 Å². The summed E-state index contributed by atoms with van der Waals surface area (Å²) < 4.78 is 2.01. The molecule has 3 amide bonds. The van der Waals surface area contributed by atoms with Crippen molar-refractivity contribution in [1.29, 1.82) is 0 Å². The van der Waals surface area contributed by atoms with Crippen molar-refractivity contribution in [3.63, 3.8) is 0 Å². The molecule has 0 aromatic heterocycles. The van der Waals surface area contributed by atoms with Gasteiger partial charge in [0.1, 0.15) is 0 Å². The van der Waals surface area contributed by atoms with Crippen molar-refractivity contribution >= 4 is 85.7 Å². The number of hydrogen-bond donors (Lipinski definition) is 3. The molecule has 38 heavy (non-hydrogen) atoms. The van der Waals surface area contributed by atoms with E-state index in [1.165, 1.54) is 42.5 Å². The second-order valence-corrected chi connectivity index (χ2v) is 10.5. The summed E-state index contributed by atoms with van der Waals surface area (Å²) in [4.78, 5) is 49.3. The molecule has 0 atom stereocenters. The number of nitro benzene ring substituents is 1. The minimum absolute atomic E-state index is 0.148. The number of carbonyl (C=O) groups excluding carboxylic acids is 3. The van der Waals surface area contributed by atoms with Crippen LogP contribution in [0.5, 0.6) is 0 Å². The van der Waals surface area contributed by atoms with Crippen molar-refractivity contribution in [2.75, 3.05) is 16.0 Å². The molecule has 0 aliphatic heterocycles. The molecule has 0 saturated carbocycles. The molecular weight excluding hydrogens is 714 g/mol. The Bertz CT molecular complexity index is 1450. The largest absolute Gasteiger partial charge is 0.322 e. The molecule has 9 nitrogen and oxygen atoms in total. The number of benzene rings is 4. The van der Waals surface area contributed by atoms with Gasteiger partial charge in [-0.2, -0.15) is 0 Å². The van der Waals surface area contributed by atoms with E-state index < -0.39 is 22.6 Å². The van der Waals surface area contributed by atoms with Crippen molar-refractivity contribution in [3.05, 3.63) is 125 Å². The van der Waals surface area contributed by atoms with Crippen LogP contribution in [0.3, 0.4) is 0 Å². The zero-order chi connectivity index (χ0) is 27.2. The summed E-state index contributed by atoms with van der Waals surface area (Å²) in [5, 5.41) is 19.1. The molecule has 3 N–H and O–H groups in total.